The summed E-state index contributed by atoms with van der Waals surface area (Å²) < 4.78 is 5.72. The first kappa shape index (κ1) is 14.1. The number of nitrogens with one attached hydrogen (secondary N) is 1. The van der Waals surface area contributed by atoms with E-state index in [-0.39, 0.29) is 6.04 Å². The number of hydrogen-bond acceptors (Lipinski definition) is 3. The smallest absolute Gasteiger partial charge is 0.119 e. The summed E-state index contributed by atoms with van der Waals surface area (Å²) in [6, 6.07) is 12.9. The summed E-state index contributed by atoms with van der Waals surface area (Å²) in [6.07, 6.45) is 1.03. The van der Waals surface area contributed by atoms with Crippen LogP contribution in [-0.4, -0.2) is 13.2 Å². The monoisotopic (exact) mass is 275 g/mol. The predicted octanol–water partition coefficient (Wildman–Crippen LogP) is 4.24. The molecule has 0 aliphatic carbocycles. The van der Waals surface area contributed by atoms with Crippen molar-refractivity contribution in [3.05, 3.63) is 52.2 Å². The fraction of sp³-hybridized carbons (Fsp3) is 0.375. The Labute approximate surface area is 119 Å². The molecule has 1 atom stereocenters. The van der Waals surface area contributed by atoms with Gasteiger partial charge in [-0.2, -0.15) is 0 Å². The second-order valence-electron chi connectivity index (χ2n) is 4.43. The van der Waals surface area contributed by atoms with Crippen LogP contribution < -0.4 is 10.1 Å². The van der Waals surface area contributed by atoms with E-state index < -0.39 is 0 Å². The van der Waals surface area contributed by atoms with Crippen LogP contribution in [0.5, 0.6) is 5.75 Å². The van der Waals surface area contributed by atoms with Gasteiger partial charge in [-0.15, -0.1) is 11.3 Å². The molecule has 1 heterocycles. The lowest BCUT2D eigenvalue weighted by atomic mass is 10.1. The molecule has 102 valence electrons. The van der Waals surface area contributed by atoms with Gasteiger partial charge in [0.05, 0.1) is 12.6 Å². The zero-order valence-electron chi connectivity index (χ0n) is 11.6. The number of benzene rings is 1. The highest BCUT2D eigenvalue weighted by atomic mass is 32.1. The number of thiophene rings is 1. The third-order valence-corrected chi connectivity index (χ3v) is 3.84. The third-order valence-electron chi connectivity index (χ3n) is 2.90. The molecule has 0 amide bonds. The highest BCUT2D eigenvalue weighted by molar-refractivity contribution is 7.10. The van der Waals surface area contributed by atoms with Crippen LogP contribution in [0.1, 0.15) is 36.8 Å². The van der Waals surface area contributed by atoms with E-state index >= 15 is 0 Å². The van der Waals surface area contributed by atoms with E-state index in [0.717, 1.165) is 25.3 Å². The van der Waals surface area contributed by atoms with Crippen molar-refractivity contribution in [2.24, 2.45) is 0 Å². The fourth-order valence-corrected chi connectivity index (χ4v) is 2.87. The fourth-order valence-electron chi connectivity index (χ4n) is 2.05. The van der Waals surface area contributed by atoms with Gasteiger partial charge in [0.25, 0.3) is 0 Å². The molecule has 2 aromatic rings. The standard InChI is InChI=1S/C16H21NOS/c1-3-10-18-14-8-5-7-13(12-14)16(17-4-2)15-9-6-11-19-15/h5-9,11-12,16-17H,3-4,10H2,1-2H3. The van der Waals surface area contributed by atoms with Gasteiger partial charge in [-0.3, -0.25) is 0 Å². The Morgan fingerprint density at radius 2 is 2.11 bits per heavy atom. The normalized spacial score (nSPS) is 12.3. The van der Waals surface area contributed by atoms with Crippen molar-refractivity contribution in [2.75, 3.05) is 13.2 Å². The van der Waals surface area contributed by atoms with Crippen molar-refractivity contribution in [2.45, 2.75) is 26.3 Å². The van der Waals surface area contributed by atoms with Crippen molar-refractivity contribution in [3.8, 4) is 5.75 Å². The van der Waals surface area contributed by atoms with Crippen LogP contribution in [0.3, 0.4) is 0 Å². The Kier molecular flexibility index (Phi) is 5.43. The van der Waals surface area contributed by atoms with E-state index in [4.69, 9.17) is 4.74 Å². The van der Waals surface area contributed by atoms with E-state index in [1.165, 1.54) is 10.4 Å². The third kappa shape index (κ3) is 3.82. The molecule has 1 aromatic carbocycles. The van der Waals surface area contributed by atoms with E-state index in [2.05, 4.69) is 54.9 Å². The number of ether oxygens (including phenoxy) is 1. The van der Waals surface area contributed by atoms with E-state index in [1.54, 1.807) is 11.3 Å². The summed E-state index contributed by atoms with van der Waals surface area (Å²) in [5.74, 6) is 0.957. The number of hydrogen-bond donors (Lipinski definition) is 1. The van der Waals surface area contributed by atoms with Gasteiger partial charge in [0, 0.05) is 4.88 Å². The molecule has 1 N–H and O–H groups in total. The molecular formula is C16H21NOS. The molecule has 2 rings (SSSR count). The molecule has 3 heteroatoms. The molecule has 1 unspecified atom stereocenters. The van der Waals surface area contributed by atoms with E-state index in [1.807, 2.05) is 6.07 Å². The molecule has 0 aliphatic heterocycles. The van der Waals surface area contributed by atoms with Gasteiger partial charge in [-0.25, -0.2) is 0 Å². The molecule has 0 aliphatic rings. The van der Waals surface area contributed by atoms with Crippen LogP contribution in [0.2, 0.25) is 0 Å². The van der Waals surface area contributed by atoms with Crippen LogP contribution >= 0.6 is 11.3 Å². The summed E-state index contributed by atoms with van der Waals surface area (Å²) in [5, 5.41) is 5.66. The minimum Gasteiger partial charge on any atom is -0.494 e. The van der Waals surface area contributed by atoms with Crippen LogP contribution in [0.4, 0.5) is 0 Å². The summed E-state index contributed by atoms with van der Waals surface area (Å²) in [7, 11) is 0. The Balaban J connectivity index is 2.21. The molecule has 0 saturated heterocycles. The van der Waals surface area contributed by atoms with Crippen molar-refractivity contribution < 1.29 is 4.74 Å². The Hall–Kier alpha value is -1.32. The quantitative estimate of drug-likeness (QED) is 0.816. The molecule has 1 aromatic heterocycles. The SMILES string of the molecule is CCCOc1cccc(C(NCC)c2cccs2)c1. The van der Waals surface area contributed by atoms with Crippen LogP contribution in [0, 0.1) is 0 Å². The van der Waals surface area contributed by atoms with Gasteiger partial charge in [0.2, 0.25) is 0 Å². The van der Waals surface area contributed by atoms with Crippen LogP contribution in [0.15, 0.2) is 41.8 Å². The molecule has 0 bridgehead atoms. The first-order chi connectivity index (χ1) is 9.35. The maximum atomic E-state index is 5.72. The molecule has 0 spiro atoms. The summed E-state index contributed by atoms with van der Waals surface area (Å²) in [6.45, 7) is 5.98. The largest absolute Gasteiger partial charge is 0.494 e. The maximum Gasteiger partial charge on any atom is 0.119 e. The van der Waals surface area contributed by atoms with E-state index in [9.17, 15) is 0 Å². The first-order valence-electron chi connectivity index (χ1n) is 6.84. The van der Waals surface area contributed by atoms with Gasteiger partial charge in [0.15, 0.2) is 0 Å². The predicted molar refractivity (Wildman–Crippen MR) is 82.1 cm³/mol. The van der Waals surface area contributed by atoms with Gasteiger partial charge in [-0.05, 0) is 42.1 Å². The molecule has 19 heavy (non-hydrogen) atoms. The van der Waals surface area contributed by atoms with E-state index in [0.29, 0.717) is 0 Å². The second-order valence-corrected chi connectivity index (χ2v) is 5.41. The summed E-state index contributed by atoms with van der Waals surface area (Å²) in [4.78, 5) is 1.34. The lowest BCUT2D eigenvalue weighted by Crippen LogP contribution is -2.21. The minimum absolute atomic E-state index is 0.259. The van der Waals surface area contributed by atoms with Crippen molar-refractivity contribution in [1.29, 1.82) is 0 Å². The van der Waals surface area contributed by atoms with Crippen molar-refractivity contribution in [1.82, 2.24) is 5.32 Å². The summed E-state index contributed by atoms with van der Waals surface area (Å²) >= 11 is 1.79. The Bertz CT molecular complexity index is 481. The number of rotatable bonds is 7. The first-order valence-corrected chi connectivity index (χ1v) is 7.72. The van der Waals surface area contributed by atoms with Crippen LogP contribution in [-0.2, 0) is 0 Å². The highest BCUT2D eigenvalue weighted by Gasteiger charge is 2.14. The zero-order valence-corrected chi connectivity index (χ0v) is 12.4. The Morgan fingerprint density at radius 1 is 1.21 bits per heavy atom. The molecule has 0 fully saturated rings. The average molecular weight is 275 g/mol. The highest BCUT2D eigenvalue weighted by Crippen LogP contribution is 2.28. The second kappa shape index (κ2) is 7.31. The zero-order chi connectivity index (χ0) is 13.5. The van der Waals surface area contributed by atoms with Gasteiger partial charge in [-0.1, -0.05) is 32.0 Å². The Morgan fingerprint density at radius 3 is 2.79 bits per heavy atom. The topological polar surface area (TPSA) is 21.3 Å². The van der Waals surface area contributed by atoms with Gasteiger partial charge < -0.3 is 10.1 Å². The van der Waals surface area contributed by atoms with Crippen molar-refractivity contribution in [3.63, 3.8) is 0 Å². The van der Waals surface area contributed by atoms with Gasteiger partial charge >= 0.3 is 0 Å². The minimum atomic E-state index is 0.259. The average Bonchev–Trinajstić information content (AvgIpc) is 2.96. The molecule has 0 radical (unpaired) electrons. The van der Waals surface area contributed by atoms with Crippen molar-refractivity contribution >= 4 is 11.3 Å². The maximum absolute atomic E-state index is 5.72. The summed E-state index contributed by atoms with van der Waals surface area (Å²) in [5.41, 5.74) is 1.26. The van der Waals surface area contributed by atoms with Gasteiger partial charge in [0.1, 0.15) is 5.75 Å². The molecular weight excluding hydrogens is 254 g/mol. The lowest BCUT2D eigenvalue weighted by molar-refractivity contribution is 0.317. The lowest BCUT2D eigenvalue weighted by Gasteiger charge is -2.18. The van der Waals surface area contributed by atoms with Crippen LogP contribution in [0.25, 0.3) is 0 Å². The molecule has 2 nitrogen and oxygen atoms in total. The molecule has 0 saturated carbocycles.